The summed E-state index contributed by atoms with van der Waals surface area (Å²) in [6.07, 6.45) is 1.69. The number of nitrogens with zero attached hydrogens (tertiary/aromatic N) is 4. The maximum atomic E-state index is 11.5. The summed E-state index contributed by atoms with van der Waals surface area (Å²) in [6.45, 7) is 3.44. The Morgan fingerprint density at radius 2 is 1.97 bits per heavy atom. The fourth-order valence-corrected chi connectivity index (χ4v) is 5.15. The van der Waals surface area contributed by atoms with Gasteiger partial charge < -0.3 is 29.4 Å². The van der Waals surface area contributed by atoms with Crippen LogP contribution in [0.4, 0.5) is 16.6 Å². The predicted molar refractivity (Wildman–Crippen MR) is 134 cm³/mol. The van der Waals surface area contributed by atoms with Crippen LogP contribution >= 0.6 is 10.7 Å². The fraction of sp³-hybridized carbons (Fsp3) is 0.455. The zero-order chi connectivity index (χ0) is 24.8. The Morgan fingerprint density at radius 3 is 2.57 bits per heavy atom. The van der Waals surface area contributed by atoms with Crippen LogP contribution in [0.1, 0.15) is 5.56 Å². The van der Waals surface area contributed by atoms with Crippen LogP contribution in [-0.4, -0.2) is 91.0 Å². The van der Waals surface area contributed by atoms with Gasteiger partial charge in [0.2, 0.25) is 11.7 Å². The van der Waals surface area contributed by atoms with E-state index in [1.807, 2.05) is 17.1 Å². The van der Waals surface area contributed by atoms with E-state index in [0.717, 1.165) is 5.56 Å². The number of aromatic nitrogens is 2. The number of methoxy groups -OCH3 is 3. The van der Waals surface area contributed by atoms with Crippen LogP contribution < -0.4 is 29.3 Å². The number of hydrogen-bond acceptors (Lipinski definition) is 11. The van der Waals surface area contributed by atoms with Gasteiger partial charge in [-0.05, 0) is 39.8 Å². The fourth-order valence-electron chi connectivity index (χ4n) is 3.93. The molecule has 4 rings (SSSR count). The molecular weight excluding hydrogens is 476 g/mol. The lowest BCUT2D eigenvalue weighted by atomic mass is 10.1. The van der Waals surface area contributed by atoms with E-state index in [9.17, 15) is 9.90 Å². The number of ether oxygens (including phenoxy) is 4. The van der Waals surface area contributed by atoms with Gasteiger partial charge in [-0.2, -0.15) is 4.98 Å². The summed E-state index contributed by atoms with van der Waals surface area (Å²) >= 11 is 0. The molecule has 12 nitrogen and oxygen atoms in total. The van der Waals surface area contributed by atoms with Crippen molar-refractivity contribution in [3.05, 3.63) is 30.0 Å². The van der Waals surface area contributed by atoms with E-state index < -0.39 is 16.0 Å². The highest BCUT2D eigenvalue weighted by molar-refractivity contribution is 8.26. The molecule has 2 aliphatic heterocycles. The number of benzene rings is 1. The topological polar surface area (TPSA) is 131 Å². The molecule has 3 N–H and O–H groups in total. The maximum Gasteiger partial charge on any atom is 0.372 e. The number of hydrazine groups is 1. The first-order valence-corrected chi connectivity index (χ1v) is 12.3. The lowest BCUT2D eigenvalue weighted by molar-refractivity contribution is 0.0291. The molecule has 1 aromatic heterocycles. The van der Waals surface area contributed by atoms with Gasteiger partial charge in [0.25, 0.3) is 0 Å². The van der Waals surface area contributed by atoms with E-state index in [2.05, 4.69) is 20.0 Å². The van der Waals surface area contributed by atoms with Crippen LogP contribution in [0.3, 0.4) is 0 Å². The average Bonchev–Trinajstić information content (AvgIpc) is 3.38. The van der Waals surface area contributed by atoms with Gasteiger partial charge in [0.15, 0.2) is 11.5 Å². The molecule has 2 aliphatic rings. The molecule has 190 valence electrons. The minimum absolute atomic E-state index is 0.196. The standard InChI is InChI=1S/C22H30N6O6S/c1-31-17-10-15(11-18(32-2)20(17)33-3)12-24-19-4-5-23-21(26-19)28(27-6-8-34-9-7-27)16-13-25-35(14-16)22(29)30/h4-5,10-11,14,16,25H,6-9,12-13H2,1-3H3,(H,29,30)(H,23,24,26). The van der Waals surface area contributed by atoms with Gasteiger partial charge in [0, 0.05) is 32.4 Å². The van der Waals surface area contributed by atoms with Crippen molar-refractivity contribution in [2.75, 3.05) is 64.5 Å². The molecule has 0 radical (unpaired) electrons. The Morgan fingerprint density at radius 1 is 1.26 bits per heavy atom. The van der Waals surface area contributed by atoms with E-state index in [-0.39, 0.29) is 6.04 Å². The highest BCUT2D eigenvalue weighted by atomic mass is 32.2. The lowest BCUT2D eigenvalue weighted by Crippen LogP contribution is -2.55. The van der Waals surface area contributed by atoms with Crippen molar-refractivity contribution in [2.24, 2.45) is 0 Å². The Bertz CT molecular complexity index is 1060. The number of hydrogen-bond donors (Lipinski definition) is 3. The third-order valence-electron chi connectivity index (χ3n) is 5.58. The van der Waals surface area contributed by atoms with E-state index in [4.69, 9.17) is 23.9 Å². The molecule has 2 atom stereocenters. The van der Waals surface area contributed by atoms with Crippen LogP contribution in [0.5, 0.6) is 17.2 Å². The van der Waals surface area contributed by atoms with Crippen molar-refractivity contribution in [1.29, 1.82) is 0 Å². The number of rotatable bonds is 9. The van der Waals surface area contributed by atoms with Gasteiger partial charge in [-0.15, -0.1) is 0 Å². The minimum Gasteiger partial charge on any atom is -0.493 e. The highest BCUT2D eigenvalue weighted by Crippen LogP contribution is 2.38. The van der Waals surface area contributed by atoms with Crippen molar-refractivity contribution in [3.8, 4) is 17.2 Å². The second-order valence-corrected chi connectivity index (χ2v) is 9.28. The number of carboxylic acid groups (broad SMARTS) is 1. The van der Waals surface area contributed by atoms with E-state index in [0.29, 0.717) is 68.4 Å². The van der Waals surface area contributed by atoms with E-state index >= 15 is 0 Å². The molecule has 1 aromatic carbocycles. The third kappa shape index (κ3) is 5.75. The Kier molecular flexibility index (Phi) is 8.23. The van der Waals surface area contributed by atoms with Crippen LogP contribution in [-0.2, 0) is 11.3 Å². The molecule has 1 fully saturated rings. The molecule has 1 saturated heterocycles. The van der Waals surface area contributed by atoms with Crippen molar-refractivity contribution in [3.63, 3.8) is 0 Å². The van der Waals surface area contributed by atoms with E-state index in [1.165, 1.54) is 0 Å². The number of anilines is 2. The second-order valence-electron chi connectivity index (χ2n) is 7.70. The molecule has 0 aliphatic carbocycles. The van der Waals surface area contributed by atoms with E-state index in [1.54, 1.807) is 39.0 Å². The average molecular weight is 507 g/mol. The molecule has 2 aromatic rings. The van der Waals surface area contributed by atoms with Crippen LogP contribution in [0, 0.1) is 0 Å². The van der Waals surface area contributed by atoms with Gasteiger partial charge in [0.1, 0.15) is 5.82 Å². The molecule has 0 amide bonds. The maximum absolute atomic E-state index is 11.5. The SMILES string of the molecule is COc1cc(CNc2ccnc(N(C3C=S(C(=O)O)NC3)N3CCOCC3)n2)cc(OC)c1OC. The van der Waals surface area contributed by atoms with Crippen LogP contribution in [0.25, 0.3) is 0 Å². The van der Waals surface area contributed by atoms with Gasteiger partial charge in [-0.3, -0.25) is 9.73 Å². The van der Waals surface area contributed by atoms with Gasteiger partial charge in [-0.25, -0.2) is 14.8 Å². The number of carbonyl (C=O) groups is 1. The molecule has 2 unspecified atom stereocenters. The Labute approximate surface area is 206 Å². The Balaban J connectivity index is 1.56. The molecule has 35 heavy (non-hydrogen) atoms. The number of morpholine rings is 1. The second kappa shape index (κ2) is 11.5. The van der Waals surface area contributed by atoms with Crippen molar-refractivity contribution in [2.45, 2.75) is 12.6 Å². The van der Waals surface area contributed by atoms with Crippen LogP contribution in [0.15, 0.2) is 24.4 Å². The first-order valence-electron chi connectivity index (χ1n) is 11.1. The first-order chi connectivity index (χ1) is 17.0. The summed E-state index contributed by atoms with van der Waals surface area (Å²) in [5.41, 5.74) is 0.920. The summed E-state index contributed by atoms with van der Waals surface area (Å²) in [5.74, 6) is 2.80. The highest BCUT2D eigenvalue weighted by Gasteiger charge is 2.31. The smallest absolute Gasteiger partial charge is 0.372 e. The molecular formula is C22H30N6O6S. The number of nitrogens with one attached hydrogen (secondary N) is 2. The quantitative estimate of drug-likeness (QED) is 0.429. The largest absolute Gasteiger partial charge is 0.493 e. The van der Waals surface area contributed by atoms with Crippen molar-refractivity contribution < 1.29 is 28.8 Å². The van der Waals surface area contributed by atoms with Crippen molar-refractivity contribution >= 4 is 33.1 Å². The monoisotopic (exact) mass is 506 g/mol. The van der Waals surface area contributed by atoms with Crippen molar-refractivity contribution in [1.82, 2.24) is 19.7 Å². The molecule has 0 bridgehead atoms. The summed E-state index contributed by atoms with van der Waals surface area (Å²) in [4.78, 5) is 20.7. The molecule has 0 spiro atoms. The van der Waals surface area contributed by atoms with Gasteiger partial charge >= 0.3 is 5.30 Å². The molecule has 0 saturated carbocycles. The minimum atomic E-state index is -1.01. The van der Waals surface area contributed by atoms with Crippen LogP contribution in [0.2, 0.25) is 0 Å². The normalized spacial score (nSPS) is 20.1. The summed E-state index contributed by atoms with van der Waals surface area (Å²) < 4.78 is 24.8. The molecule has 3 heterocycles. The first kappa shape index (κ1) is 25.0. The lowest BCUT2D eigenvalue weighted by Gasteiger charge is -2.40. The van der Waals surface area contributed by atoms with Gasteiger partial charge in [0.05, 0.1) is 40.6 Å². The van der Waals surface area contributed by atoms with Gasteiger partial charge in [-0.1, -0.05) is 0 Å². The summed E-state index contributed by atoms with van der Waals surface area (Å²) in [7, 11) is 3.71. The predicted octanol–water partition coefficient (Wildman–Crippen LogP) is 1.80. The summed E-state index contributed by atoms with van der Waals surface area (Å²) in [5, 5.41) is 17.8. The zero-order valence-electron chi connectivity index (χ0n) is 19.9. The summed E-state index contributed by atoms with van der Waals surface area (Å²) in [6, 6.07) is 5.35. The molecule has 13 heteroatoms. The Hall–Kier alpha value is -3.13. The third-order valence-corrected chi connectivity index (χ3v) is 7.02. The zero-order valence-corrected chi connectivity index (χ0v) is 20.7.